The third-order valence-electron chi connectivity index (χ3n) is 11.1. The Hall–Kier alpha value is -7.73. The molecule has 0 saturated carbocycles. The zero-order valence-corrected chi connectivity index (χ0v) is 37.6. The number of hydrogen-bond donors (Lipinski definition) is 4. The predicted octanol–water partition coefficient (Wildman–Crippen LogP) is 4.17. The lowest BCUT2D eigenvalue weighted by molar-refractivity contribution is -0.127. The highest BCUT2D eigenvalue weighted by Crippen LogP contribution is 2.36. The number of nitrogens with one attached hydrogen (secondary N) is 4. The van der Waals surface area contributed by atoms with Gasteiger partial charge in [-0.05, 0) is 63.2 Å². The molecule has 2 atom stereocenters. The number of fused-ring (bicyclic) bond motifs is 6. The fourth-order valence-electron chi connectivity index (χ4n) is 7.84. The maximum atomic E-state index is 13.4. The molecule has 338 valence electrons. The molecule has 0 aliphatic carbocycles. The van der Waals surface area contributed by atoms with Gasteiger partial charge in [-0.3, -0.25) is 38.3 Å². The van der Waals surface area contributed by atoms with Gasteiger partial charge in [0.1, 0.15) is 35.2 Å². The normalized spacial score (nSPS) is 14.7. The van der Waals surface area contributed by atoms with E-state index in [4.69, 9.17) is 31.1 Å². The second-order valence-corrected chi connectivity index (χ2v) is 16.1. The van der Waals surface area contributed by atoms with Gasteiger partial charge in [-0.2, -0.15) is 0 Å². The van der Waals surface area contributed by atoms with Crippen molar-refractivity contribution in [2.24, 2.45) is 9.98 Å². The van der Waals surface area contributed by atoms with Gasteiger partial charge in [0.05, 0.1) is 62.9 Å². The molecule has 4 amide bonds. The van der Waals surface area contributed by atoms with Crippen LogP contribution in [0.1, 0.15) is 76.0 Å². The summed E-state index contributed by atoms with van der Waals surface area (Å²) in [6.45, 7) is 5.16. The van der Waals surface area contributed by atoms with Crippen LogP contribution in [0.4, 0.5) is 0 Å². The number of halogens is 1. The molecule has 19 heteroatoms. The number of benzene rings is 4. The minimum absolute atomic E-state index is 0.0341. The Labute approximate surface area is 384 Å². The summed E-state index contributed by atoms with van der Waals surface area (Å²) in [5, 5.41) is 28.7. The summed E-state index contributed by atoms with van der Waals surface area (Å²) in [6.07, 6.45) is -0.183. The smallest absolute Gasteiger partial charge is 0.239 e. The number of rotatable bonds is 15. The van der Waals surface area contributed by atoms with Gasteiger partial charge in [0.2, 0.25) is 23.6 Å². The lowest BCUT2D eigenvalue weighted by Crippen LogP contribution is -2.43. The number of aromatic nitrogens is 6. The average molecular weight is 911 g/mol. The molecule has 0 radical (unpaired) electrons. The van der Waals surface area contributed by atoms with Crippen LogP contribution in [0.15, 0.2) is 94.9 Å². The Morgan fingerprint density at radius 1 is 0.561 bits per heavy atom. The summed E-state index contributed by atoms with van der Waals surface area (Å²) in [5.41, 5.74) is 7.19. The van der Waals surface area contributed by atoms with Gasteiger partial charge in [-0.25, -0.2) is 0 Å². The maximum Gasteiger partial charge on any atom is 0.239 e. The van der Waals surface area contributed by atoms with Crippen molar-refractivity contribution < 1.29 is 28.7 Å². The van der Waals surface area contributed by atoms with E-state index in [2.05, 4.69) is 41.7 Å². The first-order valence-corrected chi connectivity index (χ1v) is 21.5. The van der Waals surface area contributed by atoms with Crippen molar-refractivity contribution in [1.82, 2.24) is 50.8 Å². The summed E-state index contributed by atoms with van der Waals surface area (Å²) < 4.78 is 14.8. The highest BCUT2D eigenvalue weighted by Gasteiger charge is 2.32. The highest BCUT2D eigenvalue weighted by atomic mass is 35.5. The molecule has 18 nitrogen and oxygen atoms in total. The van der Waals surface area contributed by atoms with Crippen LogP contribution in [0.2, 0.25) is 5.02 Å². The fraction of sp³-hybridized carbons (Fsp3) is 0.277. The van der Waals surface area contributed by atoms with Crippen molar-refractivity contribution in [3.63, 3.8) is 0 Å². The number of ether oxygens (including phenoxy) is 2. The molecule has 0 unspecified atom stereocenters. The van der Waals surface area contributed by atoms with Crippen LogP contribution in [-0.4, -0.2) is 105 Å². The molecule has 66 heavy (non-hydrogen) atoms. The minimum atomic E-state index is -0.772. The quantitative estimate of drug-likeness (QED) is 0.108. The number of carbonyl (C=O) groups is 4. The van der Waals surface area contributed by atoms with E-state index >= 15 is 0 Å². The lowest BCUT2D eigenvalue weighted by Gasteiger charge is -2.14. The van der Waals surface area contributed by atoms with Gasteiger partial charge in [0, 0.05) is 46.4 Å². The molecule has 4 heterocycles. The largest absolute Gasteiger partial charge is 0.497 e. The van der Waals surface area contributed by atoms with Gasteiger partial charge in [0.25, 0.3) is 0 Å². The summed E-state index contributed by atoms with van der Waals surface area (Å²) in [7, 11) is 3.18. The lowest BCUT2D eigenvalue weighted by atomic mass is 9.99. The Kier molecular flexibility index (Phi) is 13.3. The van der Waals surface area contributed by atoms with Crippen LogP contribution in [0.3, 0.4) is 0 Å². The second kappa shape index (κ2) is 19.6. The molecular formula is C47H47ClN12O6. The van der Waals surface area contributed by atoms with Crippen LogP contribution in [0.5, 0.6) is 11.5 Å². The molecule has 8 rings (SSSR count). The van der Waals surface area contributed by atoms with Gasteiger partial charge < -0.3 is 30.7 Å². The van der Waals surface area contributed by atoms with Crippen LogP contribution in [0, 0.1) is 20.8 Å². The summed E-state index contributed by atoms with van der Waals surface area (Å²) >= 11 is 6.21. The molecule has 6 aromatic rings. The fourth-order valence-corrected chi connectivity index (χ4v) is 7.96. The number of methoxy groups -OCH3 is 2. The molecule has 2 aromatic heterocycles. The zero-order valence-electron chi connectivity index (χ0n) is 36.9. The Morgan fingerprint density at radius 2 is 1.05 bits per heavy atom. The van der Waals surface area contributed by atoms with E-state index in [0.29, 0.717) is 51.2 Å². The number of aliphatic imine (C=N–C) groups is 2. The number of aryl methyl sites for hydroxylation is 3. The van der Waals surface area contributed by atoms with Gasteiger partial charge in [-0.15, -0.1) is 20.4 Å². The third kappa shape index (κ3) is 9.68. The SMILES string of the molecule is COc1ccc2c(c1)C(c1ccc(Cl)cc1)=N[C@@H](CC(=O)NCC(=O)NCC(=O)NCCNC(=O)C[C@H]1N=C(c3ccc(C)cc3)c3ccc(OC)cc3-n3c(C)nnc31)c1nnc(C)n1-2. The van der Waals surface area contributed by atoms with E-state index in [-0.39, 0.29) is 44.9 Å². The van der Waals surface area contributed by atoms with Gasteiger partial charge >= 0.3 is 0 Å². The molecule has 4 aromatic carbocycles. The van der Waals surface area contributed by atoms with Crippen molar-refractivity contribution in [3.8, 4) is 22.9 Å². The molecule has 0 saturated heterocycles. The molecule has 0 bridgehead atoms. The van der Waals surface area contributed by atoms with E-state index in [9.17, 15) is 19.2 Å². The highest BCUT2D eigenvalue weighted by molar-refractivity contribution is 6.30. The summed E-state index contributed by atoms with van der Waals surface area (Å²) in [6, 6.07) is 25.1. The maximum absolute atomic E-state index is 13.4. The van der Waals surface area contributed by atoms with Gasteiger partial charge in [-0.1, -0.05) is 53.6 Å². The summed E-state index contributed by atoms with van der Waals surface area (Å²) in [4.78, 5) is 62.3. The molecule has 4 N–H and O–H groups in total. The Bertz CT molecular complexity index is 2890. The first-order valence-electron chi connectivity index (χ1n) is 21.2. The van der Waals surface area contributed by atoms with Crippen molar-refractivity contribution in [3.05, 3.63) is 141 Å². The molecule has 2 aliphatic heterocycles. The average Bonchev–Trinajstić information content (AvgIpc) is 3.83. The number of nitrogens with zero attached hydrogens (tertiary/aromatic N) is 8. The molecule has 0 spiro atoms. The van der Waals surface area contributed by atoms with E-state index < -0.39 is 29.8 Å². The van der Waals surface area contributed by atoms with Crippen molar-refractivity contribution in [1.29, 1.82) is 0 Å². The predicted molar refractivity (Wildman–Crippen MR) is 246 cm³/mol. The standard InChI is InChI=1S/C47H47ClN12O6/c1-26-6-8-29(9-7-26)44-34-16-14-33(66-5)21-39(34)60-28(3)56-58-47(60)36(53-44)22-40(61)49-18-19-50-42(63)24-52-43(64)25-51-41(62)23-37-46-57-55-27(2)59(46)38-17-15-32(65-4)20-35(38)45(54-37)30-10-12-31(48)13-11-30/h6-17,20-21,36-37H,18-19,22-25H2,1-5H3,(H,49,61)(H,50,63)(H,51,62)(H,52,64)/t36-,37+/m1/s1. The van der Waals surface area contributed by atoms with Crippen molar-refractivity contribution in [2.45, 2.75) is 45.7 Å². The second-order valence-electron chi connectivity index (χ2n) is 15.7. The topological polar surface area (TPSA) is 221 Å². The Morgan fingerprint density at radius 3 is 1.65 bits per heavy atom. The van der Waals surface area contributed by atoms with Crippen molar-refractivity contribution in [2.75, 3.05) is 40.4 Å². The first kappa shape index (κ1) is 44.9. The van der Waals surface area contributed by atoms with Crippen LogP contribution in [0.25, 0.3) is 11.4 Å². The van der Waals surface area contributed by atoms with E-state index in [1.165, 1.54) is 0 Å². The number of carbonyl (C=O) groups excluding carboxylic acids is 4. The van der Waals surface area contributed by atoms with Crippen LogP contribution >= 0.6 is 11.6 Å². The van der Waals surface area contributed by atoms with Crippen LogP contribution < -0.4 is 30.7 Å². The first-order chi connectivity index (χ1) is 31.9. The monoisotopic (exact) mass is 910 g/mol. The van der Waals surface area contributed by atoms with E-state index in [1.807, 2.05) is 103 Å². The van der Waals surface area contributed by atoms with E-state index in [1.54, 1.807) is 26.4 Å². The Balaban J connectivity index is 0.837. The summed E-state index contributed by atoms with van der Waals surface area (Å²) in [5.74, 6) is 1.63. The molecular weight excluding hydrogens is 864 g/mol. The minimum Gasteiger partial charge on any atom is -0.497 e. The molecule has 2 aliphatic rings. The number of amides is 4. The van der Waals surface area contributed by atoms with Gasteiger partial charge in [0.15, 0.2) is 11.6 Å². The van der Waals surface area contributed by atoms with E-state index in [0.717, 1.165) is 39.2 Å². The number of hydrogen-bond acceptors (Lipinski definition) is 12. The third-order valence-corrected chi connectivity index (χ3v) is 11.4. The molecule has 0 fully saturated rings. The van der Waals surface area contributed by atoms with Crippen molar-refractivity contribution >= 4 is 46.7 Å². The van der Waals surface area contributed by atoms with Crippen LogP contribution in [-0.2, 0) is 19.2 Å². The zero-order chi connectivity index (χ0) is 46.5.